The van der Waals surface area contributed by atoms with Crippen LogP contribution < -0.4 is 9.47 Å². The van der Waals surface area contributed by atoms with Crippen molar-refractivity contribution in [1.82, 2.24) is 9.97 Å². The fraction of sp³-hybridized carbons (Fsp3) is 0.190. The zero-order chi connectivity index (χ0) is 21.0. The van der Waals surface area contributed by atoms with Crippen LogP contribution >= 0.6 is 11.6 Å². The first-order valence-electron chi connectivity index (χ1n) is 8.74. The van der Waals surface area contributed by atoms with E-state index in [1.54, 1.807) is 56.2 Å². The van der Waals surface area contributed by atoms with Crippen LogP contribution in [-0.2, 0) is 4.84 Å². The average Bonchev–Trinajstić information content (AvgIpc) is 2.73. The van der Waals surface area contributed by atoms with Gasteiger partial charge in [-0.15, -0.1) is 0 Å². The summed E-state index contributed by atoms with van der Waals surface area (Å²) in [5.74, 6) is -0.522. The fourth-order valence-corrected chi connectivity index (χ4v) is 2.71. The van der Waals surface area contributed by atoms with Crippen molar-refractivity contribution in [3.63, 3.8) is 0 Å². The van der Waals surface area contributed by atoms with Gasteiger partial charge in [-0.25, -0.2) is 0 Å². The van der Waals surface area contributed by atoms with Gasteiger partial charge in [-0.1, -0.05) is 29.8 Å². The van der Waals surface area contributed by atoms with E-state index in [0.29, 0.717) is 22.1 Å². The number of benzene rings is 2. The van der Waals surface area contributed by atoms with Crippen LogP contribution in [0.2, 0.25) is 5.02 Å². The maximum atomic E-state index is 15.0. The summed E-state index contributed by atoms with van der Waals surface area (Å²) < 4.78 is 27.9. The van der Waals surface area contributed by atoms with Gasteiger partial charge in [-0.2, -0.15) is 14.4 Å². The third-order valence-corrected chi connectivity index (χ3v) is 4.79. The molecule has 0 bridgehead atoms. The summed E-state index contributed by atoms with van der Waals surface area (Å²) in [7, 11) is 3.31. The molecule has 2 aromatic carbocycles. The summed E-state index contributed by atoms with van der Waals surface area (Å²) in [6, 6.07) is 12.3. The van der Waals surface area contributed by atoms with Crippen molar-refractivity contribution in [1.29, 1.82) is 0 Å². The molecule has 29 heavy (non-hydrogen) atoms. The van der Waals surface area contributed by atoms with E-state index in [2.05, 4.69) is 9.97 Å². The minimum atomic E-state index is -0.820. The second-order valence-corrected chi connectivity index (χ2v) is 6.53. The summed E-state index contributed by atoms with van der Waals surface area (Å²) in [5, 5.41) is 0.510. The summed E-state index contributed by atoms with van der Waals surface area (Å²) >= 11 is 6.10. The fourth-order valence-electron chi connectivity index (χ4n) is 2.55. The van der Waals surface area contributed by atoms with Crippen molar-refractivity contribution in [2.45, 2.75) is 13.8 Å². The van der Waals surface area contributed by atoms with Gasteiger partial charge < -0.3 is 9.47 Å². The molecule has 0 radical (unpaired) electrons. The lowest BCUT2D eigenvalue weighted by Gasteiger charge is -2.12. The normalized spacial score (nSPS) is 11.7. The third kappa shape index (κ3) is 4.46. The molecule has 0 aliphatic heterocycles. The van der Waals surface area contributed by atoms with Crippen LogP contribution in [0.15, 0.2) is 48.8 Å². The van der Waals surface area contributed by atoms with Gasteiger partial charge >= 0.3 is 0 Å². The Labute approximate surface area is 173 Å². The molecule has 6 nitrogen and oxygen atoms in total. The minimum absolute atomic E-state index is 0.255. The Morgan fingerprint density at radius 1 is 1.00 bits per heavy atom. The molecule has 8 heteroatoms. The summed E-state index contributed by atoms with van der Waals surface area (Å²) in [4.78, 5) is 13.0. The summed E-state index contributed by atoms with van der Waals surface area (Å²) in [6.45, 7) is 3.63. The van der Waals surface area contributed by atoms with Gasteiger partial charge in [0.25, 0.3) is 11.8 Å². The Bertz CT molecular complexity index is 1070. The van der Waals surface area contributed by atoms with Gasteiger partial charge in [0.1, 0.15) is 24.9 Å². The topological polar surface area (TPSA) is 56.5 Å². The monoisotopic (exact) mass is 416 g/mol. The van der Waals surface area contributed by atoms with Gasteiger partial charge in [-0.3, -0.25) is 4.84 Å². The van der Waals surface area contributed by atoms with Gasteiger partial charge in [0.2, 0.25) is 11.5 Å². The zero-order valence-corrected chi connectivity index (χ0v) is 17.2. The third-order valence-electron chi connectivity index (χ3n) is 4.38. The second kappa shape index (κ2) is 8.87. The maximum Gasteiger partial charge on any atom is 0.263 e. The number of rotatable bonds is 6. The van der Waals surface area contributed by atoms with Crippen molar-refractivity contribution >= 4 is 17.3 Å². The molecule has 0 fully saturated rings. The maximum absolute atomic E-state index is 15.0. The number of nitrogens with zero attached hydrogens (tertiary/aromatic N) is 3. The van der Waals surface area contributed by atoms with Crippen LogP contribution in [0.3, 0.4) is 0 Å². The minimum Gasteiger partial charge on any atom is -0.436 e. The van der Waals surface area contributed by atoms with E-state index in [1.807, 2.05) is 19.1 Å². The van der Waals surface area contributed by atoms with Gasteiger partial charge in [0.05, 0.1) is 5.56 Å². The van der Waals surface area contributed by atoms with E-state index in [-0.39, 0.29) is 11.8 Å². The van der Waals surface area contributed by atoms with E-state index < -0.39 is 5.82 Å². The lowest BCUT2D eigenvalue weighted by molar-refractivity contribution is -0.760. The number of hydrogen-bond donors (Lipinski definition) is 0. The van der Waals surface area contributed by atoms with E-state index in [1.165, 1.54) is 6.33 Å². The molecule has 0 aliphatic rings. The highest BCUT2D eigenvalue weighted by Crippen LogP contribution is 2.33. The van der Waals surface area contributed by atoms with Crippen molar-refractivity contribution in [3.05, 3.63) is 70.8 Å². The predicted molar refractivity (Wildman–Crippen MR) is 108 cm³/mol. The molecule has 0 aliphatic carbocycles. The van der Waals surface area contributed by atoms with Crippen LogP contribution in [0, 0.1) is 12.7 Å². The van der Waals surface area contributed by atoms with Crippen LogP contribution in [0.5, 0.6) is 23.3 Å². The standard InChI is InChI=1S/C21H20ClFN3O3/c1-13-16(22)9-7-11-17(13)28-20-19(23)21(25-12-24-20)29-18-10-6-5-8-15(18)14(2)26(3)27-4/h5-12H,1-4H3/q+1. The number of hydrogen-bond acceptors (Lipinski definition) is 5. The Balaban J connectivity index is 1.95. The molecule has 0 N–H and O–H groups in total. The number of para-hydroxylation sites is 1. The number of halogens is 2. The molecule has 0 atom stereocenters. The lowest BCUT2D eigenvalue weighted by atomic mass is 10.1. The highest BCUT2D eigenvalue weighted by atomic mass is 35.5. The van der Waals surface area contributed by atoms with E-state index in [0.717, 1.165) is 11.3 Å². The molecule has 0 saturated carbocycles. The Morgan fingerprint density at radius 3 is 2.31 bits per heavy atom. The number of hydroxylamine groups is 1. The highest BCUT2D eigenvalue weighted by molar-refractivity contribution is 6.31. The van der Waals surface area contributed by atoms with Crippen LogP contribution in [0.25, 0.3) is 0 Å². The van der Waals surface area contributed by atoms with Gasteiger partial charge in [0, 0.05) is 17.5 Å². The smallest absolute Gasteiger partial charge is 0.263 e. The van der Waals surface area contributed by atoms with Crippen molar-refractivity contribution < 1.29 is 23.4 Å². The zero-order valence-electron chi connectivity index (χ0n) is 16.4. The van der Waals surface area contributed by atoms with Gasteiger partial charge in [0.15, 0.2) is 7.05 Å². The molecule has 0 amide bonds. The lowest BCUT2D eigenvalue weighted by Crippen LogP contribution is -2.15. The van der Waals surface area contributed by atoms with Crippen molar-refractivity contribution in [2.24, 2.45) is 0 Å². The highest BCUT2D eigenvalue weighted by Gasteiger charge is 2.20. The molecule has 3 aromatic rings. The molecule has 150 valence electrons. The van der Waals surface area contributed by atoms with Crippen molar-refractivity contribution in [2.75, 3.05) is 14.2 Å². The van der Waals surface area contributed by atoms with Gasteiger partial charge in [-0.05, 0) is 35.9 Å². The first kappa shape index (κ1) is 20.5. The van der Waals surface area contributed by atoms with E-state index in [4.69, 9.17) is 25.9 Å². The van der Waals surface area contributed by atoms with Crippen LogP contribution in [0.1, 0.15) is 18.1 Å². The molecule has 1 heterocycles. The summed E-state index contributed by atoms with van der Waals surface area (Å²) in [6.07, 6.45) is 1.17. The quantitative estimate of drug-likeness (QED) is 0.315. The molecule has 0 unspecified atom stereocenters. The molecular weight excluding hydrogens is 397 g/mol. The van der Waals surface area contributed by atoms with Crippen LogP contribution in [0.4, 0.5) is 4.39 Å². The summed E-state index contributed by atoms with van der Waals surface area (Å²) in [5.41, 5.74) is 2.18. The Hall–Kier alpha value is -3.19. The number of aromatic nitrogens is 2. The SMILES string of the molecule is CO[N+](C)=C(C)c1ccccc1Oc1ncnc(Oc2cccc(Cl)c2C)c1F. The first-order chi connectivity index (χ1) is 13.9. The molecule has 3 rings (SSSR count). The van der Waals surface area contributed by atoms with E-state index in [9.17, 15) is 4.39 Å². The molecule has 0 spiro atoms. The Morgan fingerprint density at radius 2 is 1.62 bits per heavy atom. The first-order valence-corrected chi connectivity index (χ1v) is 9.12. The van der Waals surface area contributed by atoms with Crippen LogP contribution in [-0.4, -0.2) is 34.6 Å². The second-order valence-electron chi connectivity index (χ2n) is 6.13. The average molecular weight is 417 g/mol. The Kier molecular flexibility index (Phi) is 6.29. The number of ether oxygens (including phenoxy) is 2. The predicted octanol–water partition coefficient (Wildman–Crippen LogP) is 5.17. The molecule has 1 aromatic heterocycles. The van der Waals surface area contributed by atoms with Crippen molar-refractivity contribution in [3.8, 4) is 23.3 Å². The molecule has 0 saturated heterocycles. The van der Waals surface area contributed by atoms with E-state index >= 15 is 0 Å². The molecular formula is C21H20ClFN3O3+. The largest absolute Gasteiger partial charge is 0.436 e.